The highest BCUT2D eigenvalue weighted by Crippen LogP contribution is 2.36. The van der Waals surface area contributed by atoms with Gasteiger partial charge in [-0.05, 0) is 32.4 Å². The summed E-state index contributed by atoms with van der Waals surface area (Å²) in [6.45, 7) is 7.32. The second kappa shape index (κ2) is 5.98. The summed E-state index contributed by atoms with van der Waals surface area (Å²) in [4.78, 5) is 0. The molecule has 1 aliphatic heterocycles. The fourth-order valence-electron chi connectivity index (χ4n) is 2.31. The topological polar surface area (TPSA) is 33.3 Å². The van der Waals surface area contributed by atoms with Crippen molar-refractivity contribution < 1.29 is 4.74 Å². The molecular weight excluding hydrogens is 224 g/mol. The second-order valence-electron chi connectivity index (χ2n) is 5.21. The SMILES string of the molecule is CCCCC1CNc2c(cccc2OC(C)C)N1. The van der Waals surface area contributed by atoms with E-state index in [4.69, 9.17) is 4.74 Å². The first-order valence-electron chi connectivity index (χ1n) is 7.00. The lowest BCUT2D eigenvalue weighted by atomic mass is 10.1. The summed E-state index contributed by atoms with van der Waals surface area (Å²) in [6, 6.07) is 6.73. The van der Waals surface area contributed by atoms with Crippen molar-refractivity contribution >= 4 is 11.4 Å². The summed E-state index contributed by atoms with van der Waals surface area (Å²) in [6.07, 6.45) is 3.95. The normalized spacial score (nSPS) is 17.9. The van der Waals surface area contributed by atoms with E-state index in [-0.39, 0.29) is 6.10 Å². The highest BCUT2D eigenvalue weighted by molar-refractivity contribution is 5.77. The highest BCUT2D eigenvalue weighted by Gasteiger charge is 2.19. The number of fused-ring (bicyclic) bond motifs is 1. The first-order valence-corrected chi connectivity index (χ1v) is 7.00. The summed E-state index contributed by atoms with van der Waals surface area (Å²) >= 11 is 0. The van der Waals surface area contributed by atoms with Crippen molar-refractivity contribution in [3.8, 4) is 5.75 Å². The first-order chi connectivity index (χ1) is 8.70. The zero-order valence-electron chi connectivity index (χ0n) is 11.6. The van der Waals surface area contributed by atoms with Crippen molar-refractivity contribution in [1.82, 2.24) is 0 Å². The van der Waals surface area contributed by atoms with Gasteiger partial charge in [-0.15, -0.1) is 0 Å². The van der Waals surface area contributed by atoms with Crippen molar-refractivity contribution in [1.29, 1.82) is 0 Å². The molecule has 0 aromatic heterocycles. The van der Waals surface area contributed by atoms with Crippen LogP contribution in [0, 0.1) is 0 Å². The van der Waals surface area contributed by atoms with Crippen LogP contribution in [0.25, 0.3) is 0 Å². The molecule has 0 saturated heterocycles. The number of para-hydroxylation sites is 1. The largest absolute Gasteiger partial charge is 0.489 e. The standard InChI is InChI=1S/C15H24N2O/c1-4-5-7-12-10-16-15-13(17-12)8-6-9-14(15)18-11(2)3/h6,8-9,11-12,16-17H,4-5,7,10H2,1-3H3. The Kier molecular flexibility index (Phi) is 4.34. The molecule has 0 aliphatic carbocycles. The third-order valence-electron chi connectivity index (χ3n) is 3.18. The van der Waals surface area contributed by atoms with Crippen LogP contribution in [-0.2, 0) is 0 Å². The van der Waals surface area contributed by atoms with E-state index in [1.165, 1.54) is 24.9 Å². The monoisotopic (exact) mass is 248 g/mol. The number of hydrogen-bond acceptors (Lipinski definition) is 3. The molecule has 1 aromatic carbocycles. The molecule has 0 fully saturated rings. The third kappa shape index (κ3) is 3.09. The molecule has 3 heteroatoms. The van der Waals surface area contributed by atoms with Crippen molar-refractivity contribution in [3.05, 3.63) is 18.2 Å². The maximum Gasteiger partial charge on any atom is 0.144 e. The predicted octanol–water partition coefficient (Wildman–Crippen LogP) is 3.87. The average Bonchev–Trinajstić information content (AvgIpc) is 2.35. The van der Waals surface area contributed by atoms with Gasteiger partial charge in [0.05, 0.1) is 11.8 Å². The Morgan fingerprint density at radius 2 is 2.22 bits per heavy atom. The summed E-state index contributed by atoms with van der Waals surface area (Å²) < 4.78 is 5.83. The summed E-state index contributed by atoms with van der Waals surface area (Å²) in [5, 5.41) is 7.11. The number of benzene rings is 1. The molecule has 0 amide bonds. The highest BCUT2D eigenvalue weighted by atomic mass is 16.5. The average molecular weight is 248 g/mol. The van der Waals surface area contributed by atoms with Crippen LogP contribution in [0.3, 0.4) is 0 Å². The summed E-state index contributed by atoms with van der Waals surface area (Å²) in [5.41, 5.74) is 2.28. The van der Waals surface area contributed by atoms with Crippen molar-refractivity contribution in [2.24, 2.45) is 0 Å². The molecule has 1 aliphatic rings. The Labute approximate surface area is 110 Å². The van der Waals surface area contributed by atoms with Crippen LogP contribution in [0.4, 0.5) is 11.4 Å². The van der Waals surface area contributed by atoms with E-state index in [1.54, 1.807) is 0 Å². The van der Waals surface area contributed by atoms with Crippen molar-refractivity contribution in [2.75, 3.05) is 17.2 Å². The number of unbranched alkanes of at least 4 members (excludes halogenated alkanes) is 1. The van der Waals surface area contributed by atoms with E-state index in [1.807, 2.05) is 12.1 Å². The van der Waals surface area contributed by atoms with Crippen LogP contribution in [-0.4, -0.2) is 18.7 Å². The second-order valence-corrected chi connectivity index (χ2v) is 5.21. The minimum Gasteiger partial charge on any atom is -0.489 e. The van der Waals surface area contributed by atoms with Crippen LogP contribution < -0.4 is 15.4 Å². The van der Waals surface area contributed by atoms with Gasteiger partial charge in [0.25, 0.3) is 0 Å². The van der Waals surface area contributed by atoms with E-state index in [2.05, 4.69) is 37.5 Å². The predicted molar refractivity (Wildman–Crippen MR) is 77.6 cm³/mol. The van der Waals surface area contributed by atoms with Gasteiger partial charge in [0, 0.05) is 12.6 Å². The molecule has 1 unspecified atom stereocenters. The Morgan fingerprint density at radius 1 is 1.39 bits per heavy atom. The van der Waals surface area contributed by atoms with E-state index in [0.717, 1.165) is 18.0 Å². The van der Waals surface area contributed by atoms with Gasteiger partial charge in [-0.25, -0.2) is 0 Å². The zero-order chi connectivity index (χ0) is 13.0. The summed E-state index contributed by atoms with van der Waals surface area (Å²) in [5.74, 6) is 0.948. The van der Waals surface area contributed by atoms with Crippen LogP contribution in [0.2, 0.25) is 0 Å². The number of nitrogens with one attached hydrogen (secondary N) is 2. The Hall–Kier alpha value is -1.38. The Bertz CT molecular complexity index is 390. The molecule has 0 saturated carbocycles. The number of ether oxygens (including phenoxy) is 1. The van der Waals surface area contributed by atoms with E-state index < -0.39 is 0 Å². The molecule has 0 radical (unpaired) electrons. The smallest absolute Gasteiger partial charge is 0.144 e. The minimum atomic E-state index is 0.205. The zero-order valence-corrected chi connectivity index (χ0v) is 11.6. The maximum absolute atomic E-state index is 5.83. The van der Waals surface area contributed by atoms with E-state index in [0.29, 0.717) is 6.04 Å². The van der Waals surface area contributed by atoms with E-state index >= 15 is 0 Å². The van der Waals surface area contributed by atoms with Gasteiger partial charge in [0.2, 0.25) is 0 Å². The molecule has 2 rings (SSSR count). The molecular formula is C15H24N2O. The lowest BCUT2D eigenvalue weighted by Crippen LogP contribution is -2.33. The Morgan fingerprint density at radius 3 is 2.94 bits per heavy atom. The third-order valence-corrected chi connectivity index (χ3v) is 3.18. The molecule has 1 heterocycles. The molecule has 1 aromatic rings. The fraction of sp³-hybridized carbons (Fsp3) is 0.600. The van der Waals surface area contributed by atoms with Crippen LogP contribution in [0.1, 0.15) is 40.0 Å². The van der Waals surface area contributed by atoms with Gasteiger partial charge in [0.1, 0.15) is 11.4 Å². The minimum absolute atomic E-state index is 0.205. The van der Waals surface area contributed by atoms with Gasteiger partial charge < -0.3 is 15.4 Å². The molecule has 1 atom stereocenters. The number of rotatable bonds is 5. The quantitative estimate of drug-likeness (QED) is 0.830. The van der Waals surface area contributed by atoms with Crippen LogP contribution in [0.5, 0.6) is 5.75 Å². The molecule has 0 bridgehead atoms. The molecule has 0 spiro atoms. The molecule has 18 heavy (non-hydrogen) atoms. The first kappa shape index (κ1) is 13.1. The maximum atomic E-state index is 5.83. The summed E-state index contributed by atoms with van der Waals surface area (Å²) in [7, 11) is 0. The van der Waals surface area contributed by atoms with Crippen molar-refractivity contribution in [3.63, 3.8) is 0 Å². The fourth-order valence-corrected chi connectivity index (χ4v) is 2.31. The van der Waals surface area contributed by atoms with Gasteiger partial charge >= 0.3 is 0 Å². The van der Waals surface area contributed by atoms with Gasteiger partial charge in [-0.3, -0.25) is 0 Å². The van der Waals surface area contributed by atoms with Gasteiger partial charge in [-0.1, -0.05) is 25.8 Å². The number of anilines is 2. The molecule has 3 nitrogen and oxygen atoms in total. The van der Waals surface area contributed by atoms with Crippen molar-refractivity contribution in [2.45, 2.75) is 52.2 Å². The van der Waals surface area contributed by atoms with Crippen LogP contribution >= 0.6 is 0 Å². The number of hydrogen-bond donors (Lipinski definition) is 2. The van der Waals surface area contributed by atoms with Gasteiger partial charge in [-0.2, -0.15) is 0 Å². The lowest BCUT2D eigenvalue weighted by molar-refractivity contribution is 0.243. The van der Waals surface area contributed by atoms with Crippen LogP contribution in [0.15, 0.2) is 18.2 Å². The Balaban J connectivity index is 2.09. The van der Waals surface area contributed by atoms with Gasteiger partial charge in [0.15, 0.2) is 0 Å². The lowest BCUT2D eigenvalue weighted by Gasteiger charge is -2.30. The van der Waals surface area contributed by atoms with E-state index in [9.17, 15) is 0 Å². The molecule has 2 N–H and O–H groups in total. The molecule has 100 valence electrons.